The molecule has 2 aromatic carbocycles. The highest BCUT2D eigenvalue weighted by Gasteiger charge is 2.43. The molecule has 0 aliphatic carbocycles. The molecular weight excluding hydrogens is 380 g/mol. The van der Waals surface area contributed by atoms with Crippen LogP contribution in [0.5, 0.6) is 11.5 Å². The third-order valence-corrected chi connectivity index (χ3v) is 5.67. The molecule has 0 atom stereocenters. The molecule has 6 heteroatoms. The van der Waals surface area contributed by atoms with E-state index in [1.54, 1.807) is 32.4 Å². The lowest BCUT2D eigenvalue weighted by Crippen LogP contribution is -2.37. The second-order valence-electron chi connectivity index (χ2n) is 7.65. The number of rotatable bonds is 5. The molecule has 2 aliphatic heterocycles. The van der Waals surface area contributed by atoms with E-state index in [9.17, 15) is 9.59 Å². The van der Waals surface area contributed by atoms with Crippen molar-refractivity contribution in [2.45, 2.75) is 26.2 Å². The molecule has 2 amide bonds. The van der Waals surface area contributed by atoms with Crippen LogP contribution in [-0.4, -0.2) is 44.0 Å². The predicted molar refractivity (Wildman–Crippen MR) is 116 cm³/mol. The molecule has 4 rings (SSSR count). The van der Waals surface area contributed by atoms with Crippen molar-refractivity contribution in [3.05, 3.63) is 59.3 Å². The van der Waals surface area contributed by atoms with E-state index in [2.05, 4.69) is 4.90 Å². The van der Waals surface area contributed by atoms with Crippen molar-refractivity contribution in [2.75, 3.05) is 32.2 Å². The Morgan fingerprint density at radius 1 is 0.800 bits per heavy atom. The number of imide groups is 1. The van der Waals surface area contributed by atoms with Gasteiger partial charge in [0.1, 0.15) is 17.2 Å². The van der Waals surface area contributed by atoms with E-state index >= 15 is 0 Å². The molecular formula is C24H26N2O4. The van der Waals surface area contributed by atoms with Gasteiger partial charge in [-0.1, -0.05) is 29.8 Å². The zero-order valence-electron chi connectivity index (χ0n) is 17.6. The van der Waals surface area contributed by atoms with Crippen LogP contribution in [0, 0.1) is 6.92 Å². The minimum absolute atomic E-state index is 0.298. The van der Waals surface area contributed by atoms with Gasteiger partial charge in [0, 0.05) is 31.3 Å². The summed E-state index contributed by atoms with van der Waals surface area (Å²) in [5, 5.41) is 0. The maximum atomic E-state index is 13.6. The Hall–Kier alpha value is -3.28. The van der Waals surface area contributed by atoms with Crippen LogP contribution in [0.4, 0.5) is 5.69 Å². The standard InChI is InChI=1S/C24H26N2O4/c1-16-7-9-17(10-8-16)21-22(25-11-5-4-6-12-25)24(28)26(23(21)27)18-13-19(29-2)15-20(14-18)30-3/h7-10,13-15H,4-6,11-12H2,1-3H3. The number of methoxy groups -OCH3 is 2. The van der Waals surface area contributed by atoms with Gasteiger partial charge in [0.2, 0.25) is 0 Å². The maximum absolute atomic E-state index is 13.6. The predicted octanol–water partition coefficient (Wildman–Crippen LogP) is 3.78. The number of carbonyl (C=O) groups excluding carboxylic acids is 2. The van der Waals surface area contributed by atoms with E-state index < -0.39 is 0 Å². The molecule has 0 bridgehead atoms. The van der Waals surface area contributed by atoms with Gasteiger partial charge in [-0.3, -0.25) is 9.59 Å². The van der Waals surface area contributed by atoms with Crippen molar-refractivity contribution in [2.24, 2.45) is 0 Å². The molecule has 0 aromatic heterocycles. The van der Waals surface area contributed by atoms with Crippen LogP contribution in [0.15, 0.2) is 48.2 Å². The zero-order valence-corrected chi connectivity index (χ0v) is 17.6. The molecule has 156 valence electrons. The van der Waals surface area contributed by atoms with Crippen LogP contribution in [-0.2, 0) is 9.59 Å². The highest BCUT2D eigenvalue weighted by molar-refractivity contribution is 6.45. The summed E-state index contributed by atoms with van der Waals surface area (Å²) in [6.45, 7) is 3.55. The van der Waals surface area contributed by atoms with Gasteiger partial charge >= 0.3 is 0 Å². The second-order valence-corrected chi connectivity index (χ2v) is 7.65. The zero-order chi connectivity index (χ0) is 21.3. The third-order valence-electron chi connectivity index (χ3n) is 5.67. The topological polar surface area (TPSA) is 59.1 Å². The number of hydrogen-bond acceptors (Lipinski definition) is 5. The smallest absolute Gasteiger partial charge is 0.282 e. The van der Waals surface area contributed by atoms with E-state index in [0.717, 1.165) is 43.5 Å². The number of likely N-dealkylation sites (tertiary alicyclic amines) is 1. The Kier molecular flexibility index (Phi) is 5.48. The molecule has 2 heterocycles. The highest BCUT2D eigenvalue weighted by Crippen LogP contribution is 2.38. The first-order chi connectivity index (χ1) is 14.5. The van der Waals surface area contributed by atoms with E-state index in [1.165, 1.54) is 4.90 Å². The number of piperidine rings is 1. The van der Waals surface area contributed by atoms with E-state index in [0.29, 0.717) is 28.5 Å². The molecule has 1 fully saturated rings. The van der Waals surface area contributed by atoms with Gasteiger partial charge in [-0.05, 0) is 31.7 Å². The van der Waals surface area contributed by atoms with Crippen molar-refractivity contribution in [3.63, 3.8) is 0 Å². The van der Waals surface area contributed by atoms with Gasteiger partial charge in [0.15, 0.2) is 0 Å². The van der Waals surface area contributed by atoms with Gasteiger partial charge in [0.25, 0.3) is 11.8 Å². The number of nitrogens with zero attached hydrogens (tertiary/aromatic N) is 2. The summed E-state index contributed by atoms with van der Waals surface area (Å²) in [5.41, 5.74) is 3.26. The number of aryl methyl sites for hydroxylation is 1. The molecule has 2 aliphatic rings. The quantitative estimate of drug-likeness (QED) is 0.708. The van der Waals surface area contributed by atoms with Crippen molar-refractivity contribution in [1.82, 2.24) is 4.90 Å². The lowest BCUT2D eigenvalue weighted by Gasteiger charge is -2.29. The van der Waals surface area contributed by atoms with Gasteiger partial charge in [0.05, 0.1) is 25.5 Å². The summed E-state index contributed by atoms with van der Waals surface area (Å²) in [7, 11) is 3.09. The van der Waals surface area contributed by atoms with Gasteiger partial charge in [-0.25, -0.2) is 4.90 Å². The number of benzene rings is 2. The number of hydrogen-bond donors (Lipinski definition) is 0. The number of amides is 2. The van der Waals surface area contributed by atoms with Crippen LogP contribution in [0.3, 0.4) is 0 Å². The molecule has 6 nitrogen and oxygen atoms in total. The molecule has 30 heavy (non-hydrogen) atoms. The minimum Gasteiger partial charge on any atom is -0.497 e. The van der Waals surface area contributed by atoms with Crippen LogP contribution in [0.1, 0.15) is 30.4 Å². The summed E-state index contributed by atoms with van der Waals surface area (Å²) < 4.78 is 10.7. The van der Waals surface area contributed by atoms with Crippen LogP contribution < -0.4 is 14.4 Å². The largest absolute Gasteiger partial charge is 0.497 e. The van der Waals surface area contributed by atoms with E-state index in [-0.39, 0.29) is 11.8 Å². The van der Waals surface area contributed by atoms with Crippen molar-refractivity contribution >= 4 is 23.1 Å². The lowest BCUT2D eigenvalue weighted by atomic mass is 10.0. The molecule has 0 N–H and O–H groups in total. The number of ether oxygens (including phenoxy) is 2. The van der Waals surface area contributed by atoms with Crippen LogP contribution in [0.2, 0.25) is 0 Å². The number of anilines is 1. The molecule has 0 unspecified atom stereocenters. The van der Waals surface area contributed by atoms with E-state index in [4.69, 9.17) is 9.47 Å². The van der Waals surface area contributed by atoms with Gasteiger partial charge < -0.3 is 14.4 Å². The highest BCUT2D eigenvalue weighted by atomic mass is 16.5. The normalized spacial score (nSPS) is 17.0. The molecule has 0 saturated carbocycles. The van der Waals surface area contributed by atoms with Crippen LogP contribution in [0.25, 0.3) is 5.57 Å². The van der Waals surface area contributed by atoms with Gasteiger partial charge in [-0.15, -0.1) is 0 Å². The van der Waals surface area contributed by atoms with Crippen molar-refractivity contribution in [3.8, 4) is 11.5 Å². The van der Waals surface area contributed by atoms with Crippen LogP contribution >= 0.6 is 0 Å². The fourth-order valence-corrected chi connectivity index (χ4v) is 4.07. The third kappa shape index (κ3) is 3.54. The fourth-order valence-electron chi connectivity index (χ4n) is 4.07. The molecule has 2 aromatic rings. The average Bonchev–Trinajstić information content (AvgIpc) is 3.04. The second kappa shape index (κ2) is 8.22. The average molecular weight is 406 g/mol. The first-order valence-corrected chi connectivity index (χ1v) is 10.2. The summed E-state index contributed by atoms with van der Waals surface area (Å²) in [6.07, 6.45) is 3.17. The summed E-state index contributed by atoms with van der Waals surface area (Å²) >= 11 is 0. The Balaban J connectivity index is 1.83. The molecule has 0 radical (unpaired) electrons. The Bertz CT molecular complexity index is 982. The SMILES string of the molecule is COc1cc(OC)cc(N2C(=O)C(c3ccc(C)cc3)=C(N3CCCCC3)C2=O)c1. The van der Waals surface area contributed by atoms with Crippen molar-refractivity contribution < 1.29 is 19.1 Å². The number of carbonyl (C=O) groups is 2. The monoisotopic (exact) mass is 406 g/mol. The Morgan fingerprint density at radius 2 is 1.40 bits per heavy atom. The minimum atomic E-state index is -0.320. The first kappa shape index (κ1) is 20.0. The Morgan fingerprint density at radius 3 is 1.97 bits per heavy atom. The maximum Gasteiger partial charge on any atom is 0.282 e. The molecule has 1 saturated heterocycles. The Labute approximate surface area is 176 Å². The lowest BCUT2D eigenvalue weighted by molar-refractivity contribution is -0.120. The first-order valence-electron chi connectivity index (χ1n) is 10.2. The van der Waals surface area contributed by atoms with E-state index in [1.807, 2.05) is 31.2 Å². The van der Waals surface area contributed by atoms with Gasteiger partial charge in [-0.2, -0.15) is 0 Å². The molecule has 0 spiro atoms. The summed E-state index contributed by atoms with van der Waals surface area (Å²) in [4.78, 5) is 30.5. The fraction of sp³-hybridized carbons (Fsp3) is 0.333. The summed E-state index contributed by atoms with van der Waals surface area (Å²) in [5.74, 6) is 0.425. The summed E-state index contributed by atoms with van der Waals surface area (Å²) in [6, 6.07) is 12.8. The van der Waals surface area contributed by atoms with Crippen molar-refractivity contribution in [1.29, 1.82) is 0 Å².